The van der Waals surface area contributed by atoms with Crippen LogP contribution in [0, 0.1) is 13.8 Å². The Morgan fingerprint density at radius 3 is 2.55 bits per heavy atom. The Labute approximate surface area is 170 Å². The van der Waals surface area contributed by atoms with E-state index < -0.39 is 0 Å². The second kappa shape index (κ2) is 7.99. The fourth-order valence-corrected chi connectivity index (χ4v) is 3.59. The second-order valence-corrected chi connectivity index (χ2v) is 7.30. The molecule has 0 radical (unpaired) electrons. The third-order valence-electron chi connectivity index (χ3n) is 5.22. The minimum absolute atomic E-state index is 0.0544. The number of rotatable bonds is 5. The summed E-state index contributed by atoms with van der Waals surface area (Å²) < 4.78 is 13.1. The lowest BCUT2D eigenvalue weighted by atomic mass is 10.1. The number of fused-ring (bicyclic) bond motifs is 1. The number of likely N-dealkylation sites (N-methyl/N-ethyl adjacent to an activating group) is 1. The SMILES string of the molecule is Cc1nn(-c2ccccc2)c(C)c1CC(=O)N(C)Cc1ccc2c(c1)OCCO2. The molecule has 0 atom stereocenters. The fraction of sp³-hybridized carbons (Fsp3) is 0.304. The zero-order chi connectivity index (χ0) is 20.4. The summed E-state index contributed by atoms with van der Waals surface area (Å²) in [6.07, 6.45) is 0.325. The highest BCUT2D eigenvalue weighted by Crippen LogP contribution is 2.31. The van der Waals surface area contributed by atoms with Gasteiger partial charge in [-0.3, -0.25) is 4.79 Å². The van der Waals surface area contributed by atoms with Crippen LogP contribution in [0.4, 0.5) is 0 Å². The quantitative estimate of drug-likeness (QED) is 0.668. The van der Waals surface area contributed by atoms with Crippen molar-refractivity contribution < 1.29 is 14.3 Å². The molecule has 4 rings (SSSR count). The van der Waals surface area contributed by atoms with Crippen LogP contribution in [-0.2, 0) is 17.8 Å². The van der Waals surface area contributed by atoms with Crippen molar-refractivity contribution in [1.29, 1.82) is 0 Å². The average Bonchev–Trinajstić information content (AvgIpc) is 3.02. The standard InChI is InChI=1S/C23H25N3O3/c1-16-20(17(2)26(24-16)19-7-5-4-6-8-19)14-23(27)25(3)15-18-9-10-21-22(13-18)29-12-11-28-21/h4-10,13H,11-12,14-15H2,1-3H3. The van der Waals surface area contributed by atoms with Crippen LogP contribution in [0.25, 0.3) is 5.69 Å². The lowest BCUT2D eigenvalue weighted by molar-refractivity contribution is -0.129. The Kier molecular flexibility index (Phi) is 5.25. The van der Waals surface area contributed by atoms with Crippen LogP contribution in [-0.4, -0.2) is 40.8 Å². The molecule has 0 unspecified atom stereocenters. The molecule has 3 aromatic rings. The van der Waals surface area contributed by atoms with Crippen molar-refractivity contribution >= 4 is 5.91 Å². The molecule has 1 aromatic heterocycles. The lowest BCUT2D eigenvalue weighted by Gasteiger charge is -2.21. The molecule has 1 aliphatic heterocycles. The first-order valence-electron chi connectivity index (χ1n) is 9.76. The molecule has 2 aromatic carbocycles. The van der Waals surface area contributed by atoms with Crippen LogP contribution in [0.15, 0.2) is 48.5 Å². The van der Waals surface area contributed by atoms with Gasteiger partial charge in [-0.05, 0) is 43.7 Å². The molecule has 0 aliphatic carbocycles. The number of benzene rings is 2. The highest BCUT2D eigenvalue weighted by molar-refractivity contribution is 5.79. The molecule has 150 valence electrons. The molecule has 2 heterocycles. The summed E-state index contributed by atoms with van der Waals surface area (Å²) in [6.45, 7) is 5.60. The molecule has 6 nitrogen and oxygen atoms in total. The number of ether oxygens (including phenoxy) is 2. The first-order valence-corrected chi connectivity index (χ1v) is 9.76. The van der Waals surface area contributed by atoms with Gasteiger partial charge in [-0.15, -0.1) is 0 Å². The molecule has 0 saturated carbocycles. The van der Waals surface area contributed by atoms with Gasteiger partial charge >= 0.3 is 0 Å². The number of aromatic nitrogens is 2. The summed E-state index contributed by atoms with van der Waals surface area (Å²) in [5.41, 5.74) is 4.87. The van der Waals surface area contributed by atoms with E-state index in [9.17, 15) is 4.79 Å². The van der Waals surface area contributed by atoms with Crippen molar-refractivity contribution in [3.05, 3.63) is 71.0 Å². The topological polar surface area (TPSA) is 56.6 Å². The average molecular weight is 391 g/mol. The van der Waals surface area contributed by atoms with E-state index in [1.807, 2.05) is 74.1 Å². The molecule has 0 fully saturated rings. The third kappa shape index (κ3) is 3.97. The summed E-state index contributed by atoms with van der Waals surface area (Å²) in [4.78, 5) is 14.6. The molecule has 6 heteroatoms. The van der Waals surface area contributed by atoms with Crippen LogP contribution >= 0.6 is 0 Å². The second-order valence-electron chi connectivity index (χ2n) is 7.30. The van der Waals surface area contributed by atoms with Crippen LogP contribution in [0.5, 0.6) is 11.5 Å². The van der Waals surface area contributed by atoms with Crippen LogP contribution < -0.4 is 9.47 Å². The van der Waals surface area contributed by atoms with Crippen molar-refractivity contribution in [3.8, 4) is 17.2 Å². The number of carbonyl (C=O) groups is 1. The highest BCUT2D eigenvalue weighted by atomic mass is 16.6. The van der Waals surface area contributed by atoms with E-state index in [4.69, 9.17) is 9.47 Å². The van der Waals surface area contributed by atoms with E-state index in [2.05, 4.69) is 5.10 Å². The van der Waals surface area contributed by atoms with Gasteiger partial charge in [0.25, 0.3) is 0 Å². The summed E-state index contributed by atoms with van der Waals surface area (Å²) in [6, 6.07) is 15.8. The van der Waals surface area contributed by atoms with Gasteiger partial charge in [-0.1, -0.05) is 24.3 Å². The third-order valence-corrected chi connectivity index (χ3v) is 5.22. The van der Waals surface area contributed by atoms with Crippen molar-refractivity contribution in [3.63, 3.8) is 0 Å². The number of para-hydroxylation sites is 1. The van der Waals surface area contributed by atoms with Crippen molar-refractivity contribution in [2.45, 2.75) is 26.8 Å². The fourth-order valence-electron chi connectivity index (χ4n) is 3.59. The summed E-state index contributed by atoms with van der Waals surface area (Å²) in [5.74, 6) is 1.55. The molecule has 0 bridgehead atoms. The first-order chi connectivity index (χ1) is 14.0. The largest absolute Gasteiger partial charge is 0.486 e. The summed E-state index contributed by atoms with van der Waals surface area (Å²) in [7, 11) is 1.82. The number of hydrogen-bond acceptors (Lipinski definition) is 4. The van der Waals surface area contributed by atoms with Crippen LogP contribution in [0.2, 0.25) is 0 Å². The van der Waals surface area contributed by atoms with Gasteiger partial charge in [0.05, 0.1) is 17.8 Å². The predicted molar refractivity (Wildman–Crippen MR) is 111 cm³/mol. The van der Waals surface area contributed by atoms with E-state index >= 15 is 0 Å². The molecule has 0 spiro atoms. The maximum Gasteiger partial charge on any atom is 0.227 e. The highest BCUT2D eigenvalue weighted by Gasteiger charge is 2.19. The van der Waals surface area contributed by atoms with E-state index in [1.54, 1.807) is 4.90 Å². The van der Waals surface area contributed by atoms with Gasteiger partial charge in [0.2, 0.25) is 5.91 Å². The van der Waals surface area contributed by atoms with Gasteiger partial charge < -0.3 is 14.4 Å². The minimum Gasteiger partial charge on any atom is -0.486 e. The lowest BCUT2D eigenvalue weighted by Crippen LogP contribution is -2.28. The normalized spacial score (nSPS) is 12.7. The molecular formula is C23H25N3O3. The Morgan fingerprint density at radius 1 is 1.07 bits per heavy atom. The van der Waals surface area contributed by atoms with E-state index in [-0.39, 0.29) is 5.91 Å². The Bertz CT molecular complexity index is 1030. The minimum atomic E-state index is 0.0544. The number of amides is 1. The Morgan fingerprint density at radius 2 is 1.79 bits per heavy atom. The first kappa shape index (κ1) is 19.1. The number of hydrogen-bond donors (Lipinski definition) is 0. The molecule has 1 aliphatic rings. The monoisotopic (exact) mass is 391 g/mol. The van der Waals surface area contributed by atoms with Crippen LogP contribution in [0.3, 0.4) is 0 Å². The van der Waals surface area contributed by atoms with Gasteiger partial charge in [0.15, 0.2) is 11.5 Å². The number of carbonyl (C=O) groups excluding carboxylic acids is 1. The maximum absolute atomic E-state index is 12.9. The van der Waals surface area contributed by atoms with E-state index in [0.717, 1.165) is 39.7 Å². The molecule has 0 N–H and O–H groups in total. The summed E-state index contributed by atoms with van der Waals surface area (Å²) in [5, 5.41) is 4.64. The van der Waals surface area contributed by atoms with Gasteiger partial charge in [-0.2, -0.15) is 5.10 Å². The Hall–Kier alpha value is -3.28. The zero-order valence-corrected chi connectivity index (χ0v) is 17.0. The van der Waals surface area contributed by atoms with E-state index in [1.165, 1.54) is 0 Å². The van der Waals surface area contributed by atoms with Gasteiger partial charge in [-0.25, -0.2) is 4.68 Å². The van der Waals surface area contributed by atoms with E-state index in [0.29, 0.717) is 26.2 Å². The van der Waals surface area contributed by atoms with Crippen molar-refractivity contribution in [2.24, 2.45) is 0 Å². The number of aryl methyl sites for hydroxylation is 1. The van der Waals surface area contributed by atoms with Gasteiger partial charge in [0.1, 0.15) is 13.2 Å². The molecular weight excluding hydrogens is 366 g/mol. The van der Waals surface area contributed by atoms with Crippen LogP contribution in [0.1, 0.15) is 22.5 Å². The molecule has 29 heavy (non-hydrogen) atoms. The predicted octanol–water partition coefficient (Wildman–Crippen LogP) is 3.46. The van der Waals surface area contributed by atoms with Crippen molar-refractivity contribution in [2.75, 3.05) is 20.3 Å². The molecule has 0 saturated heterocycles. The summed E-state index contributed by atoms with van der Waals surface area (Å²) >= 11 is 0. The van der Waals surface area contributed by atoms with Gasteiger partial charge in [0, 0.05) is 24.8 Å². The zero-order valence-electron chi connectivity index (χ0n) is 17.0. The van der Waals surface area contributed by atoms with Crippen molar-refractivity contribution in [1.82, 2.24) is 14.7 Å². The molecule has 1 amide bonds. The number of nitrogens with zero attached hydrogens (tertiary/aromatic N) is 3. The Balaban J connectivity index is 1.47. The smallest absolute Gasteiger partial charge is 0.227 e. The maximum atomic E-state index is 12.9.